The van der Waals surface area contributed by atoms with Crippen molar-refractivity contribution < 1.29 is 23.5 Å². The zero-order valence-corrected chi connectivity index (χ0v) is 13.3. The molecule has 0 amide bonds. The van der Waals surface area contributed by atoms with Gasteiger partial charge in [-0.15, -0.1) is 0 Å². The molecule has 25 heavy (non-hydrogen) atoms. The van der Waals surface area contributed by atoms with Gasteiger partial charge < -0.3 is 13.9 Å². The Morgan fingerprint density at radius 3 is 2.64 bits per heavy atom. The number of nitrogens with zero attached hydrogens (tertiary/aromatic N) is 1. The summed E-state index contributed by atoms with van der Waals surface area (Å²) in [7, 11) is 0. The molecule has 0 unspecified atom stereocenters. The zero-order valence-electron chi connectivity index (χ0n) is 13.3. The van der Waals surface area contributed by atoms with Crippen LogP contribution in [-0.4, -0.2) is 23.8 Å². The summed E-state index contributed by atoms with van der Waals surface area (Å²) in [5.41, 5.74) is 1.72. The Bertz CT molecular complexity index is 857. The van der Waals surface area contributed by atoms with Crippen LogP contribution in [0.2, 0.25) is 0 Å². The molecular formula is C19H15NO5. The number of aromatic nitrogens is 1. The summed E-state index contributed by atoms with van der Waals surface area (Å²) in [5.74, 6) is 0.232. The molecule has 6 nitrogen and oxygen atoms in total. The molecule has 126 valence electrons. The molecule has 0 atom stereocenters. The third-order valence-corrected chi connectivity index (χ3v) is 3.35. The summed E-state index contributed by atoms with van der Waals surface area (Å²) in [6, 6.07) is 16.1. The van der Waals surface area contributed by atoms with E-state index in [1.54, 1.807) is 24.3 Å². The average molecular weight is 337 g/mol. The van der Waals surface area contributed by atoms with Crippen LogP contribution >= 0.6 is 0 Å². The number of para-hydroxylation sites is 1. The molecule has 0 aliphatic heterocycles. The first-order valence-corrected chi connectivity index (χ1v) is 7.58. The molecule has 1 aromatic heterocycles. The highest BCUT2D eigenvalue weighted by Gasteiger charge is 2.10. The van der Waals surface area contributed by atoms with Gasteiger partial charge in [0.15, 0.2) is 12.9 Å². The molecule has 0 aliphatic rings. The number of carbonyl (C=O) groups is 2. The second kappa shape index (κ2) is 7.92. The van der Waals surface area contributed by atoms with Gasteiger partial charge in [0.2, 0.25) is 5.89 Å². The molecule has 1 heterocycles. The molecule has 3 aromatic rings. The van der Waals surface area contributed by atoms with Crippen molar-refractivity contribution in [1.29, 1.82) is 0 Å². The van der Waals surface area contributed by atoms with Crippen LogP contribution in [0.25, 0.3) is 11.5 Å². The summed E-state index contributed by atoms with van der Waals surface area (Å²) in [6.45, 7) is -0.317. The summed E-state index contributed by atoms with van der Waals surface area (Å²) in [6.07, 6.45) is 2.11. The third-order valence-electron chi connectivity index (χ3n) is 3.35. The number of esters is 1. The Morgan fingerprint density at radius 1 is 1.08 bits per heavy atom. The van der Waals surface area contributed by atoms with Crippen LogP contribution in [0.1, 0.15) is 16.1 Å². The first kappa shape index (κ1) is 16.4. The van der Waals surface area contributed by atoms with E-state index in [0.717, 1.165) is 5.56 Å². The monoisotopic (exact) mass is 337 g/mol. The van der Waals surface area contributed by atoms with E-state index in [1.165, 1.54) is 6.26 Å². The van der Waals surface area contributed by atoms with Gasteiger partial charge >= 0.3 is 5.97 Å². The van der Waals surface area contributed by atoms with Crippen LogP contribution in [0, 0.1) is 0 Å². The fraction of sp³-hybridized carbons (Fsp3) is 0.105. The van der Waals surface area contributed by atoms with E-state index in [0.29, 0.717) is 29.2 Å². The van der Waals surface area contributed by atoms with Crippen LogP contribution < -0.4 is 4.74 Å². The lowest BCUT2D eigenvalue weighted by molar-refractivity contribution is -0.147. The smallest absolute Gasteiger partial charge is 0.344 e. The second-order valence-electron chi connectivity index (χ2n) is 5.12. The first-order valence-electron chi connectivity index (χ1n) is 7.58. The van der Waals surface area contributed by atoms with E-state index in [2.05, 4.69) is 4.98 Å². The average Bonchev–Trinajstić information content (AvgIpc) is 3.14. The maximum Gasteiger partial charge on any atom is 0.344 e. The van der Waals surface area contributed by atoms with Crippen molar-refractivity contribution in [3.63, 3.8) is 0 Å². The molecule has 0 saturated heterocycles. The summed E-state index contributed by atoms with van der Waals surface area (Å²) < 4.78 is 15.8. The Balaban J connectivity index is 1.51. The van der Waals surface area contributed by atoms with Crippen LogP contribution in [0.3, 0.4) is 0 Å². The Morgan fingerprint density at radius 2 is 1.84 bits per heavy atom. The second-order valence-corrected chi connectivity index (χ2v) is 5.12. The van der Waals surface area contributed by atoms with Gasteiger partial charge in [-0.2, -0.15) is 0 Å². The van der Waals surface area contributed by atoms with Crippen molar-refractivity contribution in [3.8, 4) is 17.2 Å². The predicted octanol–water partition coefficient (Wildman–Crippen LogP) is 3.28. The molecule has 0 radical (unpaired) electrons. The van der Waals surface area contributed by atoms with Gasteiger partial charge in [-0.25, -0.2) is 9.78 Å². The lowest BCUT2D eigenvalue weighted by atomic mass is 10.2. The minimum atomic E-state index is -0.565. The van der Waals surface area contributed by atoms with Gasteiger partial charge in [0, 0.05) is 5.56 Å². The molecule has 0 aliphatic carbocycles. The maximum absolute atomic E-state index is 11.8. The van der Waals surface area contributed by atoms with Crippen molar-refractivity contribution >= 4 is 12.3 Å². The molecule has 0 fully saturated rings. The number of benzene rings is 2. The van der Waals surface area contributed by atoms with Gasteiger partial charge in [0.25, 0.3) is 0 Å². The van der Waals surface area contributed by atoms with E-state index in [9.17, 15) is 9.59 Å². The van der Waals surface area contributed by atoms with Crippen LogP contribution in [-0.2, 0) is 16.1 Å². The van der Waals surface area contributed by atoms with Crippen molar-refractivity contribution in [2.45, 2.75) is 6.61 Å². The molecule has 6 heteroatoms. The number of ether oxygens (including phenoxy) is 2. The normalized spacial score (nSPS) is 10.2. The van der Waals surface area contributed by atoms with Gasteiger partial charge in [0.1, 0.15) is 24.3 Å². The maximum atomic E-state index is 11.8. The Labute approximate surface area is 144 Å². The van der Waals surface area contributed by atoms with Gasteiger partial charge in [-0.3, -0.25) is 4.79 Å². The Kier molecular flexibility index (Phi) is 5.21. The van der Waals surface area contributed by atoms with Gasteiger partial charge in [-0.05, 0) is 24.3 Å². The van der Waals surface area contributed by atoms with E-state index in [1.807, 2.05) is 30.3 Å². The molecule has 0 saturated carbocycles. The molecule has 2 aromatic carbocycles. The van der Waals surface area contributed by atoms with E-state index < -0.39 is 5.97 Å². The van der Waals surface area contributed by atoms with Gasteiger partial charge in [-0.1, -0.05) is 30.3 Å². The lowest BCUT2D eigenvalue weighted by Crippen LogP contribution is -2.15. The summed E-state index contributed by atoms with van der Waals surface area (Å²) >= 11 is 0. The number of hydrogen-bond donors (Lipinski definition) is 0. The topological polar surface area (TPSA) is 78.6 Å². The van der Waals surface area contributed by atoms with Gasteiger partial charge in [0.05, 0.1) is 5.56 Å². The zero-order chi connectivity index (χ0) is 17.5. The summed E-state index contributed by atoms with van der Waals surface area (Å²) in [4.78, 5) is 26.9. The minimum Gasteiger partial charge on any atom is -0.481 e. The number of oxazole rings is 1. The lowest BCUT2D eigenvalue weighted by Gasteiger charge is -2.07. The van der Waals surface area contributed by atoms with Crippen LogP contribution in [0.5, 0.6) is 5.75 Å². The van der Waals surface area contributed by atoms with Crippen molar-refractivity contribution in [2.75, 3.05) is 6.61 Å². The molecular weight excluding hydrogens is 322 g/mol. The number of rotatable bonds is 7. The molecule has 0 spiro atoms. The predicted molar refractivity (Wildman–Crippen MR) is 89.1 cm³/mol. The quantitative estimate of drug-likeness (QED) is 0.486. The minimum absolute atomic E-state index is 0.0200. The number of carbonyl (C=O) groups excluding carboxylic acids is 2. The first-order chi connectivity index (χ1) is 12.3. The molecule has 3 rings (SSSR count). The molecule has 0 N–H and O–H groups in total. The Hall–Kier alpha value is -3.41. The van der Waals surface area contributed by atoms with Crippen LogP contribution in [0.15, 0.2) is 65.3 Å². The summed E-state index contributed by atoms with van der Waals surface area (Å²) in [5, 5.41) is 0. The highest BCUT2D eigenvalue weighted by Crippen LogP contribution is 2.18. The van der Waals surface area contributed by atoms with E-state index in [4.69, 9.17) is 13.9 Å². The highest BCUT2D eigenvalue weighted by atomic mass is 16.6. The highest BCUT2D eigenvalue weighted by molar-refractivity contribution is 5.79. The largest absolute Gasteiger partial charge is 0.481 e. The van der Waals surface area contributed by atoms with Crippen LogP contribution in [0.4, 0.5) is 0 Å². The van der Waals surface area contributed by atoms with Crippen molar-refractivity contribution in [3.05, 3.63) is 72.1 Å². The fourth-order valence-corrected chi connectivity index (χ4v) is 2.13. The molecule has 0 bridgehead atoms. The van der Waals surface area contributed by atoms with E-state index >= 15 is 0 Å². The SMILES string of the molecule is O=Cc1ccccc1OCC(=O)OCc1coc(-c2ccccc2)n1. The van der Waals surface area contributed by atoms with Crippen molar-refractivity contribution in [2.24, 2.45) is 0 Å². The van der Waals surface area contributed by atoms with E-state index in [-0.39, 0.29) is 13.2 Å². The number of aldehydes is 1. The number of hydrogen-bond acceptors (Lipinski definition) is 6. The fourth-order valence-electron chi connectivity index (χ4n) is 2.13. The third kappa shape index (κ3) is 4.32. The standard InChI is InChI=1S/C19H15NO5/c21-10-15-8-4-5-9-17(15)23-13-18(22)24-11-16-12-25-19(20-16)14-6-2-1-3-7-14/h1-10,12H,11,13H2. The van der Waals surface area contributed by atoms with Crippen molar-refractivity contribution in [1.82, 2.24) is 4.98 Å².